The molecule has 4 aromatic rings. The van der Waals surface area contributed by atoms with Gasteiger partial charge in [-0.2, -0.15) is 0 Å². The van der Waals surface area contributed by atoms with Crippen molar-refractivity contribution < 1.29 is 14.3 Å². The van der Waals surface area contributed by atoms with Gasteiger partial charge in [-0.25, -0.2) is 4.99 Å². The Kier molecular flexibility index (Phi) is 6.24. The second kappa shape index (κ2) is 9.84. The van der Waals surface area contributed by atoms with E-state index >= 15 is 0 Å². The van der Waals surface area contributed by atoms with Crippen molar-refractivity contribution in [2.45, 2.75) is 0 Å². The highest BCUT2D eigenvalue weighted by Crippen LogP contribution is 2.37. The smallest absolute Gasteiger partial charge is 0.266 e. The highest BCUT2D eigenvalue weighted by Gasteiger charge is 2.31. The van der Waals surface area contributed by atoms with E-state index in [4.69, 9.17) is 9.73 Å². The van der Waals surface area contributed by atoms with Crippen molar-refractivity contribution in [2.24, 2.45) is 4.99 Å². The lowest BCUT2D eigenvalue weighted by atomic mass is 9.96. The number of ether oxygens (including phenoxy) is 1. The van der Waals surface area contributed by atoms with Crippen LogP contribution in [0.4, 0.5) is 5.69 Å². The van der Waals surface area contributed by atoms with Gasteiger partial charge < -0.3 is 9.64 Å². The zero-order valence-electron chi connectivity index (χ0n) is 20.4. The van der Waals surface area contributed by atoms with E-state index in [2.05, 4.69) is 30.3 Å². The largest absolute Gasteiger partial charge is 0.378 e. The van der Waals surface area contributed by atoms with Crippen LogP contribution in [0, 0.1) is 0 Å². The van der Waals surface area contributed by atoms with Gasteiger partial charge in [0.05, 0.1) is 23.8 Å². The number of carbonyl (C=O) groups is 2. The molecule has 184 valence electrons. The molecule has 0 bridgehead atoms. The third-order valence-electron chi connectivity index (χ3n) is 6.71. The molecule has 7 heteroatoms. The van der Waals surface area contributed by atoms with Gasteiger partial charge in [-0.15, -0.1) is 0 Å². The molecule has 4 aromatic carbocycles. The van der Waals surface area contributed by atoms with E-state index in [0.717, 1.165) is 27.1 Å². The summed E-state index contributed by atoms with van der Waals surface area (Å²) in [5, 5.41) is 5.05. The van der Waals surface area contributed by atoms with Crippen molar-refractivity contribution in [1.29, 1.82) is 0 Å². The monoisotopic (exact) mass is 507 g/mol. The highest BCUT2D eigenvalue weighted by atomic mass is 32.2. The van der Waals surface area contributed by atoms with Gasteiger partial charge in [0.25, 0.3) is 11.8 Å². The van der Waals surface area contributed by atoms with Crippen molar-refractivity contribution in [2.75, 3.05) is 33.4 Å². The maximum absolute atomic E-state index is 13.2. The van der Waals surface area contributed by atoms with Crippen LogP contribution in [-0.2, 0) is 9.53 Å². The van der Waals surface area contributed by atoms with E-state index in [1.807, 2.05) is 42.5 Å². The molecule has 2 aliphatic rings. The summed E-state index contributed by atoms with van der Waals surface area (Å²) in [6.07, 6.45) is 1.98. The van der Waals surface area contributed by atoms with E-state index in [-0.39, 0.29) is 11.8 Å². The summed E-state index contributed by atoms with van der Waals surface area (Å²) in [6, 6.07) is 25.9. The number of fused-ring (bicyclic) bond motifs is 2. The fourth-order valence-corrected chi connectivity index (χ4v) is 5.72. The Balaban J connectivity index is 1.35. The zero-order chi connectivity index (χ0) is 25.4. The van der Waals surface area contributed by atoms with Gasteiger partial charge in [-0.05, 0) is 69.2 Å². The maximum atomic E-state index is 13.2. The predicted octanol–water partition coefficient (Wildman–Crippen LogP) is 5.70. The summed E-state index contributed by atoms with van der Waals surface area (Å²) >= 11 is 1.35. The summed E-state index contributed by atoms with van der Waals surface area (Å²) in [6.45, 7) is 2.28. The number of rotatable bonds is 3. The lowest BCUT2D eigenvalue weighted by Crippen LogP contribution is -2.40. The number of nitrogens with zero attached hydrogens (tertiary/aromatic N) is 3. The van der Waals surface area contributed by atoms with Crippen molar-refractivity contribution in [3.63, 3.8) is 0 Å². The molecule has 6 rings (SSSR count). The second-order valence-electron chi connectivity index (χ2n) is 9.06. The molecule has 2 aliphatic heterocycles. The van der Waals surface area contributed by atoms with Crippen LogP contribution in [0.25, 0.3) is 27.6 Å². The minimum atomic E-state index is -0.0960. The molecule has 6 nitrogen and oxygen atoms in total. The molecule has 0 atom stereocenters. The van der Waals surface area contributed by atoms with E-state index in [9.17, 15) is 9.59 Å². The fraction of sp³-hybridized carbons (Fsp3) is 0.167. The van der Waals surface area contributed by atoms with Gasteiger partial charge in [0.1, 0.15) is 0 Å². The van der Waals surface area contributed by atoms with Gasteiger partial charge >= 0.3 is 0 Å². The topological polar surface area (TPSA) is 62.2 Å². The molecule has 2 saturated heterocycles. The van der Waals surface area contributed by atoms with Gasteiger partial charge in [-0.1, -0.05) is 54.6 Å². The van der Waals surface area contributed by atoms with Crippen molar-refractivity contribution in [3.05, 3.63) is 94.9 Å². The van der Waals surface area contributed by atoms with Gasteiger partial charge in [-0.3, -0.25) is 14.5 Å². The summed E-state index contributed by atoms with van der Waals surface area (Å²) in [5.41, 5.74) is 2.24. The summed E-state index contributed by atoms with van der Waals surface area (Å²) in [5.74, 6) is -0.126. The number of thioether (sulfide) groups is 1. The highest BCUT2D eigenvalue weighted by molar-refractivity contribution is 8.18. The molecule has 0 spiro atoms. The summed E-state index contributed by atoms with van der Waals surface area (Å²) in [4.78, 5) is 34.9. The Bertz CT molecular complexity index is 1550. The van der Waals surface area contributed by atoms with E-state index in [1.165, 1.54) is 11.8 Å². The van der Waals surface area contributed by atoms with Crippen molar-refractivity contribution in [1.82, 2.24) is 9.80 Å². The van der Waals surface area contributed by atoms with Gasteiger partial charge in [0, 0.05) is 25.7 Å². The Labute approximate surface area is 219 Å². The SMILES string of the molecule is CN1C(=O)/C(=C\c2c3ccccc3cc3ccccc23)SC1=Nc1cccc(C(=O)N2CCOCC2)c1. The lowest BCUT2D eigenvalue weighted by Gasteiger charge is -2.26. The summed E-state index contributed by atoms with van der Waals surface area (Å²) < 4.78 is 5.36. The molecule has 0 saturated carbocycles. The molecule has 2 amide bonds. The number of aliphatic imine (C=N–C) groups is 1. The Morgan fingerprint density at radius 2 is 1.59 bits per heavy atom. The summed E-state index contributed by atoms with van der Waals surface area (Å²) in [7, 11) is 1.74. The van der Waals surface area contributed by atoms with Crippen LogP contribution in [-0.4, -0.2) is 60.1 Å². The first-order chi connectivity index (χ1) is 18.1. The molecular formula is C30H25N3O3S. The molecule has 0 aliphatic carbocycles. The normalized spacial score (nSPS) is 18.5. The zero-order valence-corrected chi connectivity index (χ0v) is 21.2. The van der Waals surface area contributed by atoms with E-state index in [0.29, 0.717) is 47.6 Å². The third kappa shape index (κ3) is 4.52. The molecule has 0 aromatic heterocycles. The number of hydrogen-bond acceptors (Lipinski definition) is 5. The first kappa shape index (κ1) is 23.5. The first-order valence-corrected chi connectivity index (χ1v) is 13.0. The molecule has 0 unspecified atom stereocenters. The van der Waals surface area contributed by atoms with Crippen molar-refractivity contribution >= 4 is 62.1 Å². The fourth-order valence-electron chi connectivity index (χ4n) is 4.76. The molecule has 0 N–H and O–H groups in total. The Hall–Kier alpha value is -3.94. The molecule has 37 heavy (non-hydrogen) atoms. The van der Waals surface area contributed by atoms with Crippen LogP contribution in [0.3, 0.4) is 0 Å². The molecule has 2 heterocycles. The van der Waals surface area contributed by atoms with Crippen LogP contribution >= 0.6 is 11.8 Å². The van der Waals surface area contributed by atoms with Crippen LogP contribution in [0.15, 0.2) is 88.8 Å². The van der Waals surface area contributed by atoms with Crippen molar-refractivity contribution in [3.8, 4) is 0 Å². The average molecular weight is 508 g/mol. The number of morpholine rings is 1. The first-order valence-electron chi connectivity index (χ1n) is 12.2. The quantitative estimate of drug-likeness (QED) is 0.264. The van der Waals surface area contributed by atoms with E-state index < -0.39 is 0 Å². The van der Waals surface area contributed by atoms with E-state index in [1.54, 1.807) is 29.0 Å². The minimum absolute atomic E-state index is 0.0303. The molecular weight excluding hydrogens is 482 g/mol. The van der Waals surface area contributed by atoms with Crippen LogP contribution < -0.4 is 0 Å². The average Bonchev–Trinajstić information content (AvgIpc) is 3.20. The standard InChI is InChI=1S/C30H25N3O3S/c1-32-29(35)27(19-26-24-11-4-2-7-20(24)17-21-8-3-5-12-25(21)26)37-30(32)31-23-10-6-9-22(18-23)28(34)33-13-15-36-16-14-33/h2-12,17-19H,13-16H2,1H3/b27-19+,31-30?. The number of amides is 2. The van der Waals surface area contributed by atoms with Gasteiger partial charge in [0.2, 0.25) is 0 Å². The number of benzene rings is 4. The second-order valence-corrected chi connectivity index (χ2v) is 10.1. The number of hydrogen-bond donors (Lipinski definition) is 0. The predicted molar refractivity (Wildman–Crippen MR) is 150 cm³/mol. The Morgan fingerprint density at radius 3 is 2.30 bits per heavy atom. The number of likely N-dealkylation sites (N-methyl/N-ethyl adjacent to an activating group) is 1. The number of carbonyl (C=O) groups excluding carboxylic acids is 2. The van der Waals surface area contributed by atoms with Crippen LogP contribution in [0.5, 0.6) is 0 Å². The molecule has 2 fully saturated rings. The van der Waals surface area contributed by atoms with Gasteiger partial charge in [0.15, 0.2) is 5.17 Å². The van der Waals surface area contributed by atoms with Crippen LogP contribution in [0.1, 0.15) is 15.9 Å². The molecule has 0 radical (unpaired) electrons. The Morgan fingerprint density at radius 1 is 0.919 bits per heavy atom. The minimum Gasteiger partial charge on any atom is -0.378 e. The lowest BCUT2D eigenvalue weighted by molar-refractivity contribution is -0.121. The number of amidine groups is 1. The van der Waals surface area contributed by atoms with Crippen LogP contribution in [0.2, 0.25) is 0 Å². The maximum Gasteiger partial charge on any atom is 0.266 e. The third-order valence-corrected chi connectivity index (χ3v) is 7.77.